The van der Waals surface area contributed by atoms with Gasteiger partial charge in [0, 0.05) is 32.3 Å². The molecule has 0 bridgehead atoms. The molecule has 6 heteroatoms. The van der Waals surface area contributed by atoms with E-state index in [-0.39, 0.29) is 11.7 Å². The lowest BCUT2D eigenvalue weighted by atomic mass is 10.1. The summed E-state index contributed by atoms with van der Waals surface area (Å²) in [6, 6.07) is 24.0. The minimum atomic E-state index is -0.344. The Morgan fingerprint density at radius 1 is 1.07 bits per heavy atom. The first-order valence-electron chi connectivity index (χ1n) is 8.84. The fourth-order valence-electron chi connectivity index (χ4n) is 2.97. The van der Waals surface area contributed by atoms with Gasteiger partial charge in [-0.3, -0.25) is 4.79 Å². The Balaban J connectivity index is 1.64. The number of hydrogen-bond acceptors (Lipinski definition) is 4. The van der Waals surface area contributed by atoms with Crippen molar-refractivity contribution >= 4 is 45.9 Å². The number of furan rings is 1. The van der Waals surface area contributed by atoms with Crippen LogP contribution in [0.1, 0.15) is 21.7 Å². The average molecular weight is 419 g/mol. The van der Waals surface area contributed by atoms with Crippen LogP contribution in [-0.2, 0) is 5.75 Å². The highest BCUT2D eigenvalue weighted by molar-refractivity contribution is 7.98. The number of hydrogen-bond donors (Lipinski definition) is 1. The summed E-state index contributed by atoms with van der Waals surface area (Å²) >= 11 is 7.56. The predicted octanol–water partition coefficient (Wildman–Crippen LogP) is 6.50. The van der Waals surface area contributed by atoms with Crippen molar-refractivity contribution in [1.82, 2.24) is 0 Å². The van der Waals surface area contributed by atoms with Crippen LogP contribution in [0, 0.1) is 11.3 Å². The van der Waals surface area contributed by atoms with Crippen LogP contribution in [0.15, 0.2) is 82.1 Å². The van der Waals surface area contributed by atoms with Gasteiger partial charge >= 0.3 is 0 Å². The van der Waals surface area contributed by atoms with E-state index in [0.717, 1.165) is 15.8 Å². The quantitative estimate of drug-likeness (QED) is 0.375. The molecule has 0 unspecified atom stereocenters. The minimum absolute atomic E-state index is 0.273. The topological polar surface area (TPSA) is 66.0 Å². The molecular weight excluding hydrogens is 404 g/mol. The Kier molecular flexibility index (Phi) is 5.57. The van der Waals surface area contributed by atoms with Crippen LogP contribution in [0.25, 0.3) is 11.0 Å². The van der Waals surface area contributed by atoms with E-state index in [4.69, 9.17) is 21.3 Å². The molecule has 0 saturated heterocycles. The van der Waals surface area contributed by atoms with E-state index in [0.29, 0.717) is 27.6 Å². The van der Waals surface area contributed by atoms with Crippen molar-refractivity contribution in [3.8, 4) is 6.07 Å². The molecule has 29 heavy (non-hydrogen) atoms. The Morgan fingerprint density at radius 3 is 2.66 bits per heavy atom. The third-order valence-electron chi connectivity index (χ3n) is 4.35. The van der Waals surface area contributed by atoms with Crippen molar-refractivity contribution in [2.75, 3.05) is 5.32 Å². The number of nitrogens with zero attached hydrogens (tertiary/aromatic N) is 1. The molecule has 142 valence electrons. The number of carbonyl (C=O) groups excluding carboxylic acids is 1. The normalized spacial score (nSPS) is 10.6. The monoisotopic (exact) mass is 418 g/mol. The van der Waals surface area contributed by atoms with Gasteiger partial charge in [-0.15, -0.1) is 11.8 Å². The number of para-hydroxylation sites is 1. The molecule has 4 nitrogen and oxygen atoms in total. The molecule has 4 aromatic rings. The molecule has 0 atom stereocenters. The Hall–Kier alpha value is -3.20. The lowest BCUT2D eigenvalue weighted by Gasteiger charge is -2.06. The molecule has 3 aromatic carbocycles. The van der Waals surface area contributed by atoms with Gasteiger partial charge in [-0.2, -0.15) is 5.26 Å². The van der Waals surface area contributed by atoms with E-state index in [2.05, 4.69) is 11.4 Å². The van der Waals surface area contributed by atoms with E-state index in [9.17, 15) is 4.79 Å². The number of thioether (sulfide) groups is 1. The Morgan fingerprint density at radius 2 is 1.86 bits per heavy atom. The van der Waals surface area contributed by atoms with Crippen molar-refractivity contribution in [3.63, 3.8) is 0 Å². The van der Waals surface area contributed by atoms with Crippen LogP contribution < -0.4 is 5.32 Å². The molecule has 1 amide bonds. The average Bonchev–Trinajstić information content (AvgIpc) is 3.12. The molecule has 0 saturated carbocycles. The van der Waals surface area contributed by atoms with Crippen molar-refractivity contribution in [2.45, 2.75) is 10.6 Å². The van der Waals surface area contributed by atoms with E-state index in [1.807, 2.05) is 48.5 Å². The second-order valence-electron chi connectivity index (χ2n) is 6.30. The van der Waals surface area contributed by atoms with Gasteiger partial charge in [-0.1, -0.05) is 35.9 Å². The minimum Gasteiger partial charge on any atom is -0.451 e. The van der Waals surface area contributed by atoms with Crippen molar-refractivity contribution in [3.05, 3.63) is 94.7 Å². The molecule has 0 spiro atoms. The smallest absolute Gasteiger partial charge is 0.291 e. The van der Waals surface area contributed by atoms with Gasteiger partial charge in [0.25, 0.3) is 5.91 Å². The highest BCUT2D eigenvalue weighted by Gasteiger charge is 2.21. The largest absolute Gasteiger partial charge is 0.451 e. The maximum absolute atomic E-state index is 12.9. The molecule has 0 aliphatic carbocycles. The van der Waals surface area contributed by atoms with Gasteiger partial charge in [-0.25, -0.2) is 0 Å². The van der Waals surface area contributed by atoms with Crippen LogP contribution in [0.2, 0.25) is 5.02 Å². The molecular formula is C23H15ClN2O2S. The fraction of sp³-hybridized carbons (Fsp3) is 0.0435. The second kappa shape index (κ2) is 8.44. The molecule has 0 aliphatic rings. The van der Waals surface area contributed by atoms with Gasteiger partial charge in [0.1, 0.15) is 5.58 Å². The maximum Gasteiger partial charge on any atom is 0.291 e. The Labute approximate surface area is 177 Å². The van der Waals surface area contributed by atoms with Crippen molar-refractivity contribution in [2.24, 2.45) is 0 Å². The fourth-order valence-corrected chi connectivity index (χ4v) is 4.02. The number of halogens is 1. The number of anilines is 1. The van der Waals surface area contributed by atoms with E-state index in [1.54, 1.807) is 36.0 Å². The second-order valence-corrected chi connectivity index (χ2v) is 7.78. The summed E-state index contributed by atoms with van der Waals surface area (Å²) in [4.78, 5) is 14.0. The first-order chi connectivity index (χ1) is 14.1. The van der Waals surface area contributed by atoms with Crippen LogP contribution in [0.5, 0.6) is 0 Å². The summed E-state index contributed by atoms with van der Waals surface area (Å²) in [7, 11) is 0. The lowest BCUT2D eigenvalue weighted by molar-refractivity contribution is 0.0998. The van der Waals surface area contributed by atoms with E-state index in [1.165, 1.54) is 0 Å². The summed E-state index contributed by atoms with van der Waals surface area (Å²) in [6.45, 7) is 0. The first kappa shape index (κ1) is 19.1. The number of rotatable bonds is 5. The predicted molar refractivity (Wildman–Crippen MR) is 116 cm³/mol. The zero-order valence-corrected chi connectivity index (χ0v) is 16.8. The highest BCUT2D eigenvalue weighted by Crippen LogP contribution is 2.33. The number of amides is 1. The van der Waals surface area contributed by atoms with Crippen LogP contribution >= 0.6 is 23.4 Å². The van der Waals surface area contributed by atoms with Crippen molar-refractivity contribution in [1.29, 1.82) is 5.26 Å². The number of nitriles is 1. The standard InChI is InChI=1S/C23H15ClN2O2S/c24-16-8-10-18(11-9-16)29-14-20-19-6-1-2-7-21(19)28-22(20)23(27)26-17-5-3-4-15(12-17)13-25/h1-12H,14H2,(H,26,27). The summed E-state index contributed by atoms with van der Waals surface area (Å²) in [5, 5.41) is 13.5. The third-order valence-corrected chi connectivity index (χ3v) is 5.64. The van der Waals surface area contributed by atoms with Crippen molar-refractivity contribution < 1.29 is 9.21 Å². The summed E-state index contributed by atoms with van der Waals surface area (Å²) in [6.07, 6.45) is 0. The summed E-state index contributed by atoms with van der Waals surface area (Å²) < 4.78 is 5.89. The molecule has 1 heterocycles. The van der Waals surface area contributed by atoms with Crippen LogP contribution in [0.3, 0.4) is 0 Å². The van der Waals surface area contributed by atoms with Crippen LogP contribution in [0.4, 0.5) is 5.69 Å². The van der Waals surface area contributed by atoms with E-state index < -0.39 is 0 Å². The SMILES string of the molecule is N#Cc1cccc(NC(=O)c2oc3ccccc3c2CSc2ccc(Cl)cc2)c1. The van der Waals surface area contributed by atoms with Gasteiger partial charge in [-0.05, 0) is 48.5 Å². The summed E-state index contributed by atoms with van der Waals surface area (Å²) in [5.41, 5.74) is 2.52. The molecule has 1 N–H and O–H groups in total. The van der Waals surface area contributed by atoms with E-state index >= 15 is 0 Å². The molecule has 0 aliphatic heterocycles. The number of benzene rings is 3. The number of carbonyl (C=O) groups is 1. The first-order valence-corrected chi connectivity index (χ1v) is 10.2. The number of nitrogens with one attached hydrogen (secondary N) is 1. The van der Waals surface area contributed by atoms with Crippen LogP contribution in [-0.4, -0.2) is 5.91 Å². The molecule has 4 rings (SSSR count). The zero-order valence-electron chi connectivity index (χ0n) is 15.2. The molecule has 0 radical (unpaired) electrons. The number of fused-ring (bicyclic) bond motifs is 1. The van der Waals surface area contributed by atoms with Gasteiger partial charge < -0.3 is 9.73 Å². The van der Waals surface area contributed by atoms with Gasteiger partial charge in [0.2, 0.25) is 0 Å². The summed E-state index contributed by atoms with van der Waals surface area (Å²) in [5.74, 6) is 0.498. The molecule has 0 fully saturated rings. The highest BCUT2D eigenvalue weighted by atomic mass is 35.5. The lowest BCUT2D eigenvalue weighted by Crippen LogP contribution is -2.12. The third kappa shape index (κ3) is 4.29. The van der Waals surface area contributed by atoms with Gasteiger partial charge in [0.15, 0.2) is 5.76 Å². The van der Waals surface area contributed by atoms with Gasteiger partial charge in [0.05, 0.1) is 11.6 Å². The maximum atomic E-state index is 12.9. The molecule has 1 aromatic heterocycles. The Bertz CT molecular complexity index is 1230. The zero-order chi connectivity index (χ0) is 20.2.